The van der Waals surface area contributed by atoms with Crippen LogP contribution in [0, 0.1) is 12.8 Å². The van der Waals surface area contributed by atoms with Crippen molar-refractivity contribution in [3.63, 3.8) is 0 Å². The van der Waals surface area contributed by atoms with Crippen LogP contribution < -0.4 is 5.32 Å². The van der Waals surface area contributed by atoms with Crippen molar-refractivity contribution >= 4 is 11.6 Å². The summed E-state index contributed by atoms with van der Waals surface area (Å²) in [6, 6.07) is 11.4. The molecule has 0 radical (unpaired) electrons. The molecule has 2 N–H and O–H groups in total. The van der Waals surface area contributed by atoms with E-state index in [0.29, 0.717) is 18.1 Å². The Kier molecular flexibility index (Phi) is 5.79. The van der Waals surface area contributed by atoms with E-state index in [9.17, 15) is 9.90 Å². The van der Waals surface area contributed by atoms with E-state index >= 15 is 0 Å². The number of nitrogens with zero attached hydrogens (tertiary/aromatic N) is 2. The first-order valence-electron chi connectivity index (χ1n) is 8.81. The number of aryl methyl sites for hydroxylation is 1. The van der Waals surface area contributed by atoms with Crippen LogP contribution in [-0.4, -0.2) is 40.6 Å². The van der Waals surface area contributed by atoms with Crippen molar-refractivity contribution in [3.8, 4) is 0 Å². The lowest BCUT2D eigenvalue weighted by atomic mass is 9.97. The summed E-state index contributed by atoms with van der Waals surface area (Å²) < 4.78 is 0. The number of nitrogens with one attached hydrogen (secondary N) is 1. The largest absolute Gasteiger partial charge is 0.396 e. The van der Waals surface area contributed by atoms with Crippen LogP contribution >= 0.6 is 0 Å². The van der Waals surface area contributed by atoms with Gasteiger partial charge >= 0.3 is 0 Å². The molecule has 0 unspecified atom stereocenters. The number of anilines is 1. The van der Waals surface area contributed by atoms with Gasteiger partial charge in [-0.3, -0.25) is 14.7 Å². The third-order valence-electron chi connectivity index (χ3n) is 4.84. The van der Waals surface area contributed by atoms with Gasteiger partial charge in [0.2, 0.25) is 0 Å². The molecule has 2 aromatic rings. The number of aromatic nitrogens is 1. The number of aliphatic hydroxyl groups is 1. The van der Waals surface area contributed by atoms with Crippen molar-refractivity contribution < 1.29 is 9.90 Å². The fraction of sp³-hybridized carbons (Fsp3) is 0.400. The zero-order valence-electron chi connectivity index (χ0n) is 14.6. The van der Waals surface area contributed by atoms with Crippen LogP contribution in [0.2, 0.25) is 0 Å². The molecule has 0 aliphatic carbocycles. The summed E-state index contributed by atoms with van der Waals surface area (Å²) in [5.74, 6) is 0.338. The van der Waals surface area contributed by atoms with E-state index in [-0.39, 0.29) is 5.91 Å². The third-order valence-corrected chi connectivity index (χ3v) is 4.84. The number of amides is 1. The number of likely N-dealkylation sites (tertiary alicyclic amines) is 1. The van der Waals surface area contributed by atoms with Crippen LogP contribution in [0.25, 0.3) is 0 Å². The van der Waals surface area contributed by atoms with Crippen LogP contribution in [0.5, 0.6) is 0 Å². The smallest absolute Gasteiger partial charge is 0.255 e. The predicted octanol–water partition coefficient (Wildman–Crippen LogP) is 2.85. The van der Waals surface area contributed by atoms with Gasteiger partial charge in [0, 0.05) is 24.9 Å². The van der Waals surface area contributed by atoms with Crippen LogP contribution in [0.1, 0.15) is 34.5 Å². The minimum atomic E-state index is -0.119. The summed E-state index contributed by atoms with van der Waals surface area (Å²) in [5.41, 5.74) is 3.39. The molecule has 25 heavy (non-hydrogen) atoms. The lowest BCUT2D eigenvalue weighted by Gasteiger charge is -2.31. The van der Waals surface area contributed by atoms with E-state index in [1.165, 1.54) is 5.56 Å². The first-order valence-corrected chi connectivity index (χ1v) is 8.81. The summed E-state index contributed by atoms with van der Waals surface area (Å²) in [5, 5.41) is 12.1. The quantitative estimate of drug-likeness (QED) is 0.879. The first-order chi connectivity index (χ1) is 12.2. The van der Waals surface area contributed by atoms with Crippen molar-refractivity contribution in [1.82, 2.24) is 9.88 Å². The van der Waals surface area contributed by atoms with E-state index in [1.807, 2.05) is 43.3 Å². The normalized spacial score (nSPS) is 15.9. The Labute approximate surface area is 148 Å². The molecule has 5 heteroatoms. The highest BCUT2D eigenvalue weighted by molar-refractivity contribution is 6.04. The van der Waals surface area contributed by atoms with Gasteiger partial charge < -0.3 is 10.4 Å². The second-order valence-electron chi connectivity index (χ2n) is 6.69. The van der Waals surface area contributed by atoms with Crippen molar-refractivity contribution in [1.29, 1.82) is 0 Å². The van der Waals surface area contributed by atoms with Gasteiger partial charge in [0.1, 0.15) is 0 Å². The molecule has 1 fully saturated rings. The second kappa shape index (κ2) is 8.23. The van der Waals surface area contributed by atoms with E-state index < -0.39 is 0 Å². The number of piperidine rings is 1. The molecule has 1 aromatic heterocycles. The Morgan fingerprint density at radius 2 is 1.96 bits per heavy atom. The minimum absolute atomic E-state index is 0.119. The van der Waals surface area contributed by atoms with Gasteiger partial charge in [0.15, 0.2) is 0 Å². The van der Waals surface area contributed by atoms with Gasteiger partial charge in [0.25, 0.3) is 5.91 Å². The fourth-order valence-corrected chi connectivity index (χ4v) is 3.16. The third kappa shape index (κ3) is 4.65. The molecule has 3 rings (SSSR count). The van der Waals surface area contributed by atoms with Crippen LogP contribution in [0.4, 0.5) is 5.69 Å². The summed E-state index contributed by atoms with van der Waals surface area (Å²) in [6.45, 7) is 5.11. The molecule has 0 spiro atoms. The number of hydrogen-bond acceptors (Lipinski definition) is 4. The number of hydrogen-bond donors (Lipinski definition) is 2. The highest BCUT2D eigenvalue weighted by Crippen LogP contribution is 2.19. The Balaban J connectivity index is 1.57. The van der Waals surface area contributed by atoms with Gasteiger partial charge in [-0.25, -0.2) is 0 Å². The molecule has 2 heterocycles. The molecule has 1 aliphatic heterocycles. The van der Waals surface area contributed by atoms with Gasteiger partial charge in [0.05, 0.1) is 11.4 Å². The monoisotopic (exact) mass is 339 g/mol. The molecule has 1 amide bonds. The molecule has 0 atom stereocenters. The topological polar surface area (TPSA) is 65.5 Å². The first kappa shape index (κ1) is 17.6. The van der Waals surface area contributed by atoms with Crippen LogP contribution in [0.15, 0.2) is 42.6 Å². The number of carbonyl (C=O) groups excluding carboxylic acids is 1. The molecule has 0 saturated carbocycles. The molecular weight excluding hydrogens is 314 g/mol. The van der Waals surface area contributed by atoms with E-state index in [2.05, 4.69) is 15.2 Å². The average Bonchev–Trinajstić information content (AvgIpc) is 2.65. The zero-order chi connectivity index (χ0) is 17.6. The highest BCUT2D eigenvalue weighted by Gasteiger charge is 2.18. The number of pyridine rings is 1. The van der Waals surface area contributed by atoms with Crippen molar-refractivity contribution in [3.05, 3.63) is 59.4 Å². The number of aliphatic hydroxyl groups excluding tert-OH is 1. The van der Waals surface area contributed by atoms with Crippen molar-refractivity contribution in [2.24, 2.45) is 5.92 Å². The van der Waals surface area contributed by atoms with Gasteiger partial charge in [-0.15, -0.1) is 0 Å². The van der Waals surface area contributed by atoms with Gasteiger partial charge in [-0.1, -0.05) is 12.1 Å². The molecule has 1 aliphatic rings. The Morgan fingerprint density at radius 3 is 2.60 bits per heavy atom. The second-order valence-corrected chi connectivity index (χ2v) is 6.69. The molecule has 1 saturated heterocycles. The molecular formula is C20H25N3O2. The SMILES string of the molecule is Cc1ncccc1NC(=O)c1ccc(CN2CCC(CO)CC2)cc1. The maximum Gasteiger partial charge on any atom is 0.255 e. The van der Waals surface area contributed by atoms with Crippen LogP contribution in [-0.2, 0) is 6.54 Å². The standard InChI is InChI=1S/C20H25N3O2/c1-15-19(3-2-10-21-15)22-20(25)18-6-4-16(5-7-18)13-23-11-8-17(14-24)9-12-23/h2-7,10,17,24H,8-9,11-14H2,1H3,(H,22,25). The average molecular weight is 339 g/mol. The summed E-state index contributed by atoms with van der Waals surface area (Å²) >= 11 is 0. The fourth-order valence-electron chi connectivity index (χ4n) is 3.16. The van der Waals surface area contributed by atoms with Crippen LogP contribution in [0.3, 0.4) is 0 Å². The Bertz CT molecular complexity index is 707. The zero-order valence-corrected chi connectivity index (χ0v) is 14.6. The highest BCUT2D eigenvalue weighted by atomic mass is 16.3. The van der Waals surface area contributed by atoms with Gasteiger partial charge in [-0.2, -0.15) is 0 Å². The molecule has 132 valence electrons. The van der Waals surface area contributed by atoms with E-state index in [0.717, 1.165) is 43.9 Å². The van der Waals surface area contributed by atoms with E-state index in [4.69, 9.17) is 0 Å². The summed E-state index contributed by atoms with van der Waals surface area (Å²) in [4.78, 5) is 18.9. The number of rotatable bonds is 5. The predicted molar refractivity (Wildman–Crippen MR) is 98.5 cm³/mol. The molecule has 1 aromatic carbocycles. The summed E-state index contributed by atoms with van der Waals surface area (Å²) in [6.07, 6.45) is 3.83. The Hall–Kier alpha value is -2.24. The minimum Gasteiger partial charge on any atom is -0.396 e. The molecule has 0 bridgehead atoms. The van der Waals surface area contributed by atoms with Crippen molar-refractivity contribution in [2.75, 3.05) is 25.0 Å². The maximum absolute atomic E-state index is 12.4. The lowest BCUT2D eigenvalue weighted by Crippen LogP contribution is -2.34. The maximum atomic E-state index is 12.4. The van der Waals surface area contributed by atoms with Crippen molar-refractivity contribution in [2.45, 2.75) is 26.3 Å². The van der Waals surface area contributed by atoms with E-state index in [1.54, 1.807) is 6.20 Å². The molecule has 5 nitrogen and oxygen atoms in total. The Morgan fingerprint density at radius 1 is 1.24 bits per heavy atom. The number of carbonyl (C=O) groups is 1. The van der Waals surface area contributed by atoms with Gasteiger partial charge in [-0.05, 0) is 68.6 Å². The number of benzene rings is 1. The summed E-state index contributed by atoms with van der Waals surface area (Å²) in [7, 11) is 0. The lowest BCUT2D eigenvalue weighted by molar-refractivity contribution is 0.102.